The average molecular weight is 441 g/mol. The molecule has 0 atom stereocenters. The lowest BCUT2D eigenvalue weighted by Gasteiger charge is -2.08. The van der Waals surface area contributed by atoms with Crippen molar-refractivity contribution in [1.82, 2.24) is 10.3 Å². The van der Waals surface area contributed by atoms with Crippen molar-refractivity contribution in [2.75, 3.05) is 21.3 Å². The highest BCUT2D eigenvalue weighted by Gasteiger charge is 2.11. The molecular weight excluding hydrogens is 416 g/mol. The average Bonchev–Trinajstić information content (AvgIpc) is 3.31. The SMILES string of the molecule is COC(=O)CCC(=O)NCc1ccc(-c2nc(-c3ccc(OC)c(OC)c3)cs2)cc1. The highest BCUT2D eigenvalue weighted by Crippen LogP contribution is 2.34. The van der Waals surface area contributed by atoms with Crippen LogP contribution in [-0.2, 0) is 20.9 Å². The van der Waals surface area contributed by atoms with Crippen LogP contribution in [0, 0.1) is 0 Å². The van der Waals surface area contributed by atoms with E-state index in [1.165, 1.54) is 7.11 Å². The van der Waals surface area contributed by atoms with Crippen LogP contribution in [0.4, 0.5) is 0 Å². The molecule has 0 radical (unpaired) electrons. The first-order valence-electron chi connectivity index (χ1n) is 9.64. The van der Waals surface area contributed by atoms with Crippen molar-refractivity contribution in [2.45, 2.75) is 19.4 Å². The van der Waals surface area contributed by atoms with Crippen LogP contribution in [0.2, 0.25) is 0 Å². The van der Waals surface area contributed by atoms with Crippen LogP contribution in [-0.4, -0.2) is 38.2 Å². The standard InChI is InChI=1S/C23H24N2O5S/c1-28-19-9-8-17(12-20(19)29-2)18-14-31-23(25-18)16-6-4-15(5-7-16)13-24-21(26)10-11-22(27)30-3/h4-9,12,14H,10-11,13H2,1-3H3,(H,24,26). The quantitative estimate of drug-likeness (QED) is 0.505. The van der Waals surface area contributed by atoms with Gasteiger partial charge in [-0.2, -0.15) is 0 Å². The van der Waals surface area contributed by atoms with E-state index < -0.39 is 5.97 Å². The Morgan fingerprint density at radius 3 is 2.32 bits per heavy atom. The van der Waals surface area contributed by atoms with Crippen molar-refractivity contribution in [3.8, 4) is 33.3 Å². The number of thiazole rings is 1. The first kappa shape index (κ1) is 22.3. The summed E-state index contributed by atoms with van der Waals surface area (Å²) in [5.41, 5.74) is 3.78. The second-order valence-corrected chi connectivity index (χ2v) is 7.52. The summed E-state index contributed by atoms with van der Waals surface area (Å²) in [6.45, 7) is 0.398. The number of nitrogens with one attached hydrogen (secondary N) is 1. The van der Waals surface area contributed by atoms with Gasteiger partial charge in [-0.15, -0.1) is 11.3 Å². The zero-order valence-electron chi connectivity index (χ0n) is 17.6. The summed E-state index contributed by atoms with van der Waals surface area (Å²) in [6.07, 6.45) is 0.191. The van der Waals surface area contributed by atoms with E-state index in [9.17, 15) is 9.59 Å². The summed E-state index contributed by atoms with van der Waals surface area (Å²) < 4.78 is 15.2. The van der Waals surface area contributed by atoms with E-state index in [0.29, 0.717) is 18.0 Å². The maximum absolute atomic E-state index is 11.8. The molecule has 1 amide bonds. The van der Waals surface area contributed by atoms with Crippen molar-refractivity contribution in [3.63, 3.8) is 0 Å². The lowest BCUT2D eigenvalue weighted by Crippen LogP contribution is -2.23. The Bertz CT molecular complexity index is 1050. The van der Waals surface area contributed by atoms with Crippen molar-refractivity contribution >= 4 is 23.2 Å². The summed E-state index contributed by atoms with van der Waals surface area (Å²) in [5, 5.41) is 5.71. The van der Waals surface area contributed by atoms with Crippen molar-refractivity contribution < 1.29 is 23.8 Å². The Morgan fingerprint density at radius 2 is 1.65 bits per heavy atom. The normalized spacial score (nSPS) is 10.4. The summed E-state index contributed by atoms with van der Waals surface area (Å²) >= 11 is 1.56. The number of rotatable bonds is 9. The minimum Gasteiger partial charge on any atom is -0.493 e. The molecule has 3 aromatic rings. The highest BCUT2D eigenvalue weighted by molar-refractivity contribution is 7.13. The molecule has 0 aliphatic heterocycles. The number of hydrogen-bond acceptors (Lipinski definition) is 7. The van der Waals surface area contributed by atoms with Gasteiger partial charge in [0.05, 0.1) is 33.4 Å². The van der Waals surface area contributed by atoms with Gasteiger partial charge in [-0.25, -0.2) is 4.98 Å². The van der Waals surface area contributed by atoms with Gasteiger partial charge in [0.2, 0.25) is 5.91 Å². The van der Waals surface area contributed by atoms with Crippen LogP contribution in [0.15, 0.2) is 47.8 Å². The Morgan fingerprint density at radius 1 is 0.935 bits per heavy atom. The molecule has 0 saturated carbocycles. The van der Waals surface area contributed by atoms with Crippen molar-refractivity contribution in [1.29, 1.82) is 0 Å². The molecule has 1 N–H and O–H groups in total. The fourth-order valence-electron chi connectivity index (χ4n) is 2.91. The number of aromatic nitrogens is 1. The van der Waals surface area contributed by atoms with E-state index in [1.807, 2.05) is 47.8 Å². The van der Waals surface area contributed by atoms with Crippen LogP contribution < -0.4 is 14.8 Å². The topological polar surface area (TPSA) is 86.8 Å². The van der Waals surface area contributed by atoms with Gasteiger partial charge in [-0.1, -0.05) is 24.3 Å². The lowest BCUT2D eigenvalue weighted by atomic mass is 10.1. The zero-order valence-corrected chi connectivity index (χ0v) is 18.5. The molecule has 1 heterocycles. The largest absolute Gasteiger partial charge is 0.493 e. The monoisotopic (exact) mass is 440 g/mol. The fraction of sp³-hybridized carbons (Fsp3) is 0.261. The van der Waals surface area contributed by atoms with Crippen molar-refractivity contribution in [2.24, 2.45) is 0 Å². The second kappa shape index (κ2) is 10.6. The van der Waals surface area contributed by atoms with Gasteiger partial charge in [0.15, 0.2) is 11.5 Å². The van der Waals surface area contributed by atoms with Crippen LogP contribution in [0.5, 0.6) is 11.5 Å². The summed E-state index contributed by atoms with van der Waals surface area (Å²) in [6, 6.07) is 13.6. The van der Waals surface area contributed by atoms with E-state index in [1.54, 1.807) is 25.6 Å². The van der Waals surface area contributed by atoms with Crippen LogP contribution in [0.25, 0.3) is 21.8 Å². The van der Waals surface area contributed by atoms with Gasteiger partial charge >= 0.3 is 5.97 Å². The molecule has 0 aliphatic rings. The van der Waals surface area contributed by atoms with Crippen LogP contribution in [0.1, 0.15) is 18.4 Å². The van der Waals surface area contributed by atoms with Gasteiger partial charge in [0, 0.05) is 29.5 Å². The van der Waals surface area contributed by atoms with Gasteiger partial charge in [-0.3, -0.25) is 9.59 Å². The Balaban J connectivity index is 1.63. The number of hydrogen-bond donors (Lipinski definition) is 1. The molecule has 0 aliphatic carbocycles. The third kappa shape index (κ3) is 5.82. The predicted molar refractivity (Wildman–Crippen MR) is 119 cm³/mol. The predicted octanol–water partition coefficient (Wildman–Crippen LogP) is 4.06. The van der Waals surface area contributed by atoms with E-state index in [2.05, 4.69) is 10.1 Å². The molecule has 8 heteroatoms. The molecule has 3 rings (SSSR count). The molecule has 7 nitrogen and oxygen atoms in total. The summed E-state index contributed by atoms with van der Waals surface area (Å²) in [5.74, 6) is 0.756. The smallest absolute Gasteiger partial charge is 0.306 e. The fourth-order valence-corrected chi connectivity index (χ4v) is 3.74. The number of methoxy groups -OCH3 is 3. The number of ether oxygens (including phenoxy) is 3. The van der Waals surface area contributed by atoms with Gasteiger partial charge < -0.3 is 19.5 Å². The molecular formula is C23H24N2O5S. The maximum Gasteiger partial charge on any atom is 0.306 e. The first-order chi connectivity index (χ1) is 15.0. The molecule has 2 aromatic carbocycles. The van der Waals surface area contributed by atoms with Gasteiger partial charge in [0.25, 0.3) is 0 Å². The number of esters is 1. The molecule has 0 saturated heterocycles. The number of carbonyl (C=O) groups excluding carboxylic acids is 2. The van der Waals surface area contributed by atoms with E-state index in [4.69, 9.17) is 14.5 Å². The van der Waals surface area contributed by atoms with E-state index >= 15 is 0 Å². The molecule has 1 aromatic heterocycles. The zero-order chi connectivity index (χ0) is 22.2. The van der Waals surface area contributed by atoms with Gasteiger partial charge in [0.1, 0.15) is 5.01 Å². The minimum atomic E-state index is -0.393. The maximum atomic E-state index is 11.8. The molecule has 0 spiro atoms. The van der Waals surface area contributed by atoms with E-state index in [-0.39, 0.29) is 18.7 Å². The first-order valence-corrected chi connectivity index (χ1v) is 10.5. The highest BCUT2D eigenvalue weighted by atomic mass is 32.1. The van der Waals surface area contributed by atoms with Gasteiger partial charge in [-0.05, 0) is 23.8 Å². The third-order valence-electron chi connectivity index (χ3n) is 4.66. The minimum absolute atomic E-state index is 0.0771. The Kier molecular flexibility index (Phi) is 7.61. The van der Waals surface area contributed by atoms with E-state index in [0.717, 1.165) is 27.4 Å². The second-order valence-electron chi connectivity index (χ2n) is 6.66. The Hall–Kier alpha value is -3.39. The third-order valence-corrected chi connectivity index (χ3v) is 5.55. The Labute approximate surface area is 185 Å². The number of benzene rings is 2. The summed E-state index contributed by atoms with van der Waals surface area (Å²) in [7, 11) is 4.52. The number of nitrogens with zero attached hydrogens (tertiary/aromatic N) is 1. The summed E-state index contributed by atoms with van der Waals surface area (Å²) in [4.78, 5) is 27.6. The molecule has 0 bridgehead atoms. The van der Waals surface area contributed by atoms with Crippen molar-refractivity contribution in [3.05, 3.63) is 53.4 Å². The number of amides is 1. The molecule has 31 heavy (non-hydrogen) atoms. The van der Waals surface area contributed by atoms with Crippen LogP contribution >= 0.6 is 11.3 Å². The molecule has 0 fully saturated rings. The number of carbonyl (C=O) groups is 2. The molecule has 162 valence electrons. The lowest BCUT2D eigenvalue weighted by molar-refractivity contribution is -0.142. The van der Waals surface area contributed by atoms with Crippen LogP contribution in [0.3, 0.4) is 0 Å². The molecule has 0 unspecified atom stereocenters.